The minimum atomic E-state index is 0.830. The third kappa shape index (κ3) is 3.14. The Bertz CT molecular complexity index is 374. The van der Waals surface area contributed by atoms with Crippen LogP contribution in [0.25, 0.3) is 0 Å². The predicted molar refractivity (Wildman–Crippen MR) is 74.8 cm³/mol. The van der Waals surface area contributed by atoms with E-state index >= 15 is 0 Å². The number of nitrogens with one attached hydrogen (secondary N) is 1. The highest BCUT2D eigenvalue weighted by Crippen LogP contribution is 2.34. The summed E-state index contributed by atoms with van der Waals surface area (Å²) in [7, 11) is 1.96. The van der Waals surface area contributed by atoms with Gasteiger partial charge in [0.05, 0.1) is 0 Å². The topological polar surface area (TPSA) is 15.3 Å². The molecule has 3 heteroatoms. The van der Waals surface area contributed by atoms with Gasteiger partial charge < -0.3 is 10.2 Å². The molecule has 1 aliphatic carbocycles. The number of nitrogens with zero attached hydrogens (tertiary/aromatic N) is 1. The molecule has 0 amide bonds. The molecule has 1 fully saturated rings. The summed E-state index contributed by atoms with van der Waals surface area (Å²) < 4.78 is 0. The van der Waals surface area contributed by atoms with Crippen molar-refractivity contribution in [1.29, 1.82) is 0 Å². The first-order valence-electron chi connectivity index (χ1n) is 6.43. The second-order valence-electron chi connectivity index (χ2n) is 4.75. The van der Waals surface area contributed by atoms with E-state index in [4.69, 9.17) is 11.6 Å². The maximum atomic E-state index is 6.29. The average Bonchev–Trinajstić information content (AvgIpc) is 3.13. The second-order valence-corrected chi connectivity index (χ2v) is 5.16. The molecule has 0 atom stereocenters. The van der Waals surface area contributed by atoms with Gasteiger partial charge in [0.25, 0.3) is 0 Å². The Kier molecular flexibility index (Phi) is 4.30. The number of anilines is 1. The Morgan fingerprint density at radius 3 is 2.76 bits per heavy atom. The van der Waals surface area contributed by atoms with E-state index in [1.165, 1.54) is 30.6 Å². The highest BCUT2D eigenvalue weighted by Gasteiger charge is 2.24. The molecule has 0 heterocycles. The maximum absolute atomic E-state index is 6.29. The van der Waals surface area contributed by atoms with Crippen LogP contribution < -0.4 is 10.2 Å². The van der Waals surface area contributed by atoms with Gasteiger partial charge in [-0.2, -0.15) is 0 Å². The van der Waals surface area contributed by atoms with Gasteiger partial charge >= 0.3 is 0 Å². The molecule has 1 saturated carbocycles. The van der Waals surface area contributed by atoms with Gasteiger partial charge in [-0.25, -0.2) is 0 Å². The first kappa shape index (κ1) is 12.7. The van der Waals surface area contributed by atoms with Gasteiger partial charge in [0, 0.05) is 35.9 Å². The molecule has 1 aromatic carbocycles. The lowest BCUT2D eigenvalue weighted by Crippen LogP contribution is -2.27. The van der Waals surface area contributed by atoms with E-state index in [9.17, 15) is 0 Å². The van der Waals surface area contributed by atoms with E-state index in [1.54, 1.807) is 0 Å². The minimum absolute atomic E-state index is 0.830. The van der Waals surface area contributed by atoms with Crippen LogP contribution in [-0.2, 0) is 6.54 Å². The van der Waals surface area contributed by atoms with Gasteiger partial charge in [-0.3, -0.25) is 0 Å². The second kappa shape index (κ2) is 5.74. The van der Waals surface area contributed by atoms with Gasteiger partial charge in [0.2, 0.25) is 0 Å². The van der Waals surface area contributed by atoms with Gasteiger partial charge in [0.1, 0.15) is 0 Å². The molecule has 1 aromatic rings. The van der Waals surface area contributed by atoms with E-state index < -0.39 is 0 Å². The van der Waals surface area contributed by atoms with Crippen LogP contribution in [-0.4, -0.2) is 20.1 Å². The lowest BCUT2D eigenvalue weighted by atomic mass is 10.1. The Balaban J connectivity index is 2.23. The van der Waals surface area contributed by atoms with Gasteiger partial charge in [-0.1, -0.05) is 17.7 Å². The Labute approximate surface area is 109 Å². The van der Waals surface area contributed by atoms with E-state index in [-0.39, 0.29) is 0 Å². The summed E-state index contributed by atoms with van der Waals surface area (Å²) in [6.45, 7) is 5.27. The normalized spacial score (nSPS) is 15.0. The van der Waals surface area contributed by atoms with Crippen LogP contribution in [0.3, 0.4) is 0 Å². The first-order chi connectivity index (χ1) is 8.26. The van der Waals surface area contributed by atoms with Crippen LogP contribution in [0.1, 0.15) is 25.3 Å². The quantitative estimate of drug-likeness (QED) is 0.836. The van der Waals surface area contributed by atoms with E-state index in [1.807, 2.05) is 19.2 Å². The van der Waals surface area contributed by atoms with Crippen LogP contribution in [0.4, 0.5) is 5.69 Å². The summed E-state index contributed by atoms with van der Waals surface area (Å²) in [5.74, 6) is 0.899. The summed E-state index contributed by atoms with van der Waals surface area (Å²) in [5, 5.41) is 4.07. The van der Waals surface area contributed by atoms with Crippen LogP contribution in [0.15, 0.2) is 18.2 Å². The smallest absolute Gasteiger partial charge is 0.0471 e. The Morgan fingerprint density at radius 1 is 1.41 bits per heavy atom. The third-order valence-corrected chi connectivity index (χ3v) is 3.70. The predicted octanol–water partition coefficient (Wildman–Crippen LogP) is 3.30. The number of halogens is 1. The van der Waals surface area contributed by atoms with Gasteiger partial charge in [0.15, 0.2) is 0 Å². The lowest BCUT2D eigenvalue weighted by Gasteiger charge is -2.26. The molecule has 0 spiro atoms. The standard InChI is InChI=1S/C14H21ClN2/c1-3-17(10-11-7-8-11)14-6-4-5-13(15)12(14)9-16-2/h4-6,11,16H,3,7-10H2,1-2H3. The summed E-state index contributed by atoms with van der Waals surface area (Å²) in [4.78, 5) is 2.45. The average molecular weight is 253 g/mol. The van der Waals surface area contributed by atoms with Crippen molar-refractivity contribution >= 4 is 17.3 Å². The highest BCUT2D eigenvalue weighted by atomic mass is 35.5. The number of hydrogen-bond acceptors (Lipinski definition) is 2. The summed E-state index contributed by atoms with van der Waals surface area (Å²) in [5.41, 5.74) is 2.51. The fourth-order valence-corrected chi connectivity index (χ4v) is 2.44. The molecule has 17 heavy (non-hydrogen) atoms. The van der Waals surface area contributed by atoms with Crippen molar-refractivity contribution < 1.29 is 0 Å². The van der Waals surface area contributed by atoms with Crippen LogP contribution >= 0.6 is 11.6 Å². The fourth-order valence-electron chi connectivity index (χ4n) is 2.21. The summed E-state index contributed by atoms with van der Waals surface area (Å²) in [6, 6.07) is 6.21. The third-order valence-electron chi connectivity index (χ3n) is 3.35. The fraction of sp³-hybridized carbons (Fsp3) is 0.571. The Hall–Kier alpha value is -0.730. The number of benzene rings is 1. The van der Waals surface area contributed by atoms with E-state index in [0.29, 0.717) is 0 Å². The monoisotopic (exact) mass is 252 g/mol. The first-order valence-corrected chi connectivity index (χ1v) is 6.81. The molecule has 2 nitrogen and oxygen atoms in total. The van der Waals surface area contributed by atoms with E-state index in [0.717, 1.165) is 24.0 Å². The van der Waals surface area contributed by atoms with Gasteiger partial charge in [-0.05, 0) is 44.9 Å². The summed E-state index contributed by atoms with van der Waals surface area (Å²) in [6.07, 6.45) is 2.77. The van der Waals surface area contributed by atoms with Gasteiger partial charge in [-0.15, -0.1) is 0 Å². The molecule has 1 N–H and O–H groups in total. The number of rotatable bonds is 6. The largest absolute Gasteiger partial charge is 0.371 e. The van der Waals surface area contributed by atoms with E-state index in [2.05, 4.69) is 23.2 Å². The van der Waals surface area contributed by atoms with Crippen molar-refractivity contribution in [2.24, 2.45) is 5.92 Å². The van der Waals surface area contributed by atoms with Crippen molar-refractivity contribution in [3.05, 3.63) is 28.8 Å². The van der Waals surface area contributed by atoms with Crippen LogP contribution in [0.5, 0.6) is 0 Å². The molecule has 0 radical (unpaired) electrons. The molecular formula is C14H21ClN2. The van der Waals surface area contributed by atoms with Crippen LogP contribution in [0.2, 0.25) is 5.02 Å². The molecule has 0 aromatic heterocycles. The molecule has 1 aliphatic rings. The maximum Gasteiger partial charge on any atom is 0.0471 e. The zero-order valence-electron chi connectivity index (χ0n) is 10.7. The Morgan fingerprint density at radius 2 is 2.18 bits per heavy atom. The zero-order valence-corrected chi connectivity index (χ0v) is 11.4. The SMILES string of the molecule is CCN(CC1CC1)c1cccc(Cl)c1CNC. The molecule has 2 rings (SSSR count). The van der Waals surface area contributed by atoms with Crippen molar-refractivity contribution in [2.45, 2.75) is 26.3 Å². The van der Waals surface area contributed by atoms with Crippen molar-refractivity contribution in [3.8, 4) is 0 Å². The molecule has 0 aliphatic heterocycles. The molecule has 0 unspecified atom stereocenters. The van der Waals surface area contributed by atoms with Crippen molar-refractivity contribution in [1.82, 2.24) is 5.32 Å². The molecule has 0 saturated heterocycles. The number of hydrogen-bond donors (Lipinski definition) is 1. The minimum Gasteiger partial charge on any atom is -0.371 e. The molecule has 94 valence electrons. The molecule has 0 bridgehead atoms. The lowest BCUT2D eigenvalue weighted by molar-refractivity contribution is 0.730. The van der Waals surface area contributed by atoms with Crippen molar-refractivity contribution in [2.75, 3.05) is 25.0 Å². The highest BCUT2D eigenvalue weighted by molar-refractivity contribution is 6.31. The van der Waals surface area contributed by atoms with Crippen LogP contribution in [0, 0.1) is 5.92 Å². The summed E-state index contributed by atoms with van der Waals surface area (Å²) >= 11 is 6.29. The molecular weight excluding hydrogens is 232 g/mol. The zero-order chi connectivity index (χ0) is 12.3. The van der Waals surface area contributed by atoms with Crippen molar-refractivity contribution in [3.63, 3.8) is 0 Å².